The van der Waals surface area contributed by atoms with E-state index in [1.807, 2.05) is 58.0 Å². The summed E-state index contributed by atoms with van der Waals surface area (Å²) in [5, 5.41) is 3.25. The number of esters is 1. The van der Waals surface area contributed by atoms with E-state index in [0.29, 0.717) is 16.3 Å². The highest BCUT2D eigenvalue weighted by atomic mass is 35.5. The molecule has 194 valence electrons. The lowest BCUT2D eigenvalue weighted by Crippen LogP contribution is -2.27. The summed E-state index contributed by atoms with van der Waals surface area (Å²) in [6, 6.07) is 21.1. The summed E-state index contributed by atoms with van der Waals surface area (Å²) in [5.41, 5.74) is 2.65. The van der Waals surface area contributed by atoms with Gasteiger partial charge in [0, 0.05) is 18.0 Å². The third-order valence-electron chi connectivity index (χ3n) is 5.48. The number of carbonyl (C=O) groups excluding carboxylic acids is 2. The first-order valence-electron chi connectivity index (χ1n) is 12.1. The minimum absolute atomic E-state index is 0.130. The van der Waals surface area contributed by atoms with Crippen LogP contribution in [0, 0.1) is 0 Å². The van der Waals surface area contributed by atoms with Gasteiger partial charge in [-0.05, 0) is 87.9 Å². The summed E-state index contributed by atoms with van der Waals surface area (Å²) in [4.78, 5) is 34.1. The van der Waals surface area contributed by atoms with Crippen molar-refractivity contribution < 1.29 is 19.1 Å². The first-order chi connectivity index (χ1) is 18.1. The highest BCUT2D eigenvalue weighted by molar-refractivity contribution is 6.30. The summed E-state index contributed by atoms with van der Waals surface area (Å²) in [6.07, 6.45) is 3.16. The molecule has 38 heavy (non-hydrogen) atoms. The molecule has 1 N–H and O–H groups in total. The van der Waals surface area contributed by atoms with Crippen molar-refractivity contribution in [3.8, 4) is 22.9 Å². The summed E-state index contributed by atoms with van der Waals surface area (Å²) < 4.78 is 11.3. The smallest absolute Gasteiger partial charge is 0.338 e. The van der Waals surface area contributed by atoms with Crippen LogP contribution < -0.4 is 10.1 Å². The van der Waals surface area contributed by atoms with Gasteiger partial charge in [0.2, 0.25) is 5.88 Å². The Morgan fingerprint density at radius 1 is 0.947 bits per heavy atom. The number of aromatic nitrogens is 2. The third kappa shape index (κ3) is 6.95. The molecule has 0 aliphatic heterocycles. The fourth-order valence-corrected chi connectivity index (χ4v) is 3.77. The van der Waals surface area contributed by atoms with Gasteiger partial charge in [-0.2, -0.15) is 0 Å². The lowest BCUT2D eigenvalue weighted by Gasteiger charge is -2.20. The van der Waals surface area contributed by atoms with Crippen molar-refractivity contribution in [2.75, 3.05) is 0 Å². The monoisotopic (exact) mass is 529 g/mol. The van der Waals surface area contributed by atoms with E-state index in [1.54, 1.807) is 42.6 Å². The van der Waals surface area contributed by atoms with Gasteiger partial charge in [-0.1, -0.05) is 29.8 Å². The SMILES string of the molecule is C[C@H](NC(=O)c1cc(Cl)cnc1Oc1ccc(-c2ccccn2)cc1)c1ccc(C(=O)OC(C)(C)C)cc1. The van der Waals surface area contributed by atoms with Gasteiger partial charge in [-0.25, -0.2) is 9.78 Å². The van der Waals surface area contributed by atoms with E-state index in [-0.39, 0.29) is 17.5 Å². The summed E-state index contributed by atoms with van der Waals surface area (Å²) in [5.74, 6) is -0.159. The maximum atomic E-state index is 13.2. The second-order valence-corrected chi connectivity index (χ2v) is 10.1. The number of hydrogen-bond acceptors (Lipinski definition) is 6. The summed E-state index contributed by atoms with van der Waals surface area (Å²) in [6.45, 7) is 7.29. The minimum atomic E-state index is -0.580. The van der Waals surface area contributed by atoms with Crippen LogP contribution in [-0.4, -0.2) is 27.4 Å². The molecule has 0 bridgehead atoms. The number of halogens is 1. The zero-order valence-electron chi connectivity index (χ0n) is 21.6. The average Bonchev–Trinajstić information content (AvgIpc) is 2.89. The molecule has 0 aliphatic carbocycles. The third-order valence-corrected chi connectivity index (χ3v) is 5.69. The number of amides is 1. The molecule has 1 amide bonds. The second kappa shape index (κ2) is 11.4. The zero-order chi connectivity index (χ0) is 27.3. The molecule has 2 heterocycles. The lowest BCUT2D eigenvalue weighted by atomic mass is 10.1. The number of pyridine rings is 2. The molecule has 2 aromatic carbocycles. The van der Waals surface area contributed by atoms with Crippen LogP contribution in [0.4, 0.5) is 0 Å². The Morgan fingerprint density at radius 3 is 2.29 bits per heavy atom. The maximum absolute atomic E-state index is 13.2. The zero-order valence-corrected chi connectivity index (χ0v) is 22.3. The van der Waals surface area contributed by atoms with Gasteiger partial charge < -0.3 is 14.8 Å². The molecule has 2 aromatic heterocycles. The Morgan fingerprint density at radius 2 is 1.66 bits per heavy atom. The fourth-order valence-electron chi connectivity index (χ4n) is 3.61. The Bertz CT molecular complexity index is 1420. The van der Waals surface area contributed by atoms with E-state index in [4.69, 9.17) is 21.1 Å². The molecular formula is C30H28ClN3O4. The molecule has 0 fully saturated rings. The van der Waals surface area contributed by atoms with Crippen molar-refractivity contribution in [2.24, 2.45) is 0 Å². The van der Waals surface area contributed by atoms with E-state index < -0.39 is 17.5 Å². The molecule has 1 atom stereocenters. The molecule has 8 heteroatoms. The molecule has 0 saturated carbocycles. The standard InChI is InChI=1S/C30H28ClN3O4/c1-19(20-8-10-22(11-9-20)29(36)38-30(2,3)4)34-27(35)25-17-23(31)18-33-28(25)37-24-14-12-21(13-15-24)26-7-5-6-16-32-26/h5-19H,1-4H3,(H,34,35)/t19-/m0/s1. The van der Waals surface area contributed by atoms with Gasteiger partial charge in [-0.15, -0.1) is 0 Å². The Labute approximate surface area is 226 Å². The van der Waals surface area contributed by atoms with Crippen LogP contribution in [0.25, 0.3) is 11.3 Å². The molecule has 0 saturated heterocycles. The Balaban J connectivity index is 1.46. The molecule has 0 spiro atoms. The number of ether oxygens (including phenoxy) is 2. The van der Waals surface area contributed by atoms with Crippen LogP contribution in [0.2, 0.25) is 5.02 Å². The lowest BCUT2D eigenvalue weighted by molar-refractivity contribution is 0.00693. The minimum Gasteiger partial charge on any atom is -0.456 e. The molecule has 4 aromatic rings. The van der Waals surface area contributed by atoms with Crippen LogP contribution in [0.1, 0.15) is 60.0 Å². The van der Waals surface area contributed by atoms with E-state index in [2.05, 4.69) is 15.3 Å². The fraction of sp³-hybridized carbons (Fsp3) is 0.200. The first kappa shape index (κ1) is 26.8. The summed E-state index contributed by atoms with van der Waals surface area (Å²) in [7, 11) is 0. The quantitative estimate of drug-likeness (QED) is 0.258. The number of nitrogens with zero attached hydrogens (tertiary/aromatic N) is 2. The van der Waals surface area contributed by atoms with Gasteiger partial charge in [-0.3, -0.25) is 9.78 Å². The van der Waals surface area contributed by atoms with Crippen molar-refractivity contribution in [1.29, 1.82) is 0 Å². The predicted octanol–water partition coefficient (Wildman–Crippen LogP) is 7.04. The first-order valence-corrected chi connectivity index (χ1v) is 12.5. The number of rotatable bonds is 7. The van der Waals surface area contributed by atoms with Crippen LogP contribution in [0.15, 0.2) is 85.2 Å². The number of carbonyl (C=O) groups is 2. The van der Waals surface area contributed by atoms with Crippen molar-refractivity contribution in [2.45, 2.75) is 39.3 Å². The van der Waals surface area contributed by atoms with Crippen molar-refractivity contribution >= 4 is 23.5 Å². The molecule has 4 rings (SSSR count). The number of benzene rings is 2. The van der Waals surface area contributed by atoms with Crippen molar-refractivity contribution in [3.05, 3.63) is 107 Å². The van der Waals surface area contributed by atoms with Crippen LogP contribution in [0.5, 0.6) is 11.6 Å². The Kier molecular flexibility index (Phi) is 8.08. The molecular weight excluding hydrogens is 502 g/mol. The van der Waals surface area contributed by atoms with Gasteiger partial charge in [0.1, 0.15) is 16.9 Å². The summed E-state index contributed by atoms with van der Waals surface area (Å²) >= 11 is 6.15. The molecule has 0 radical (unpaired) electrons. The van der Waals surface area contributed by atoms with Gasteiger partial charge in [0.25, 0.3) is 5.91 Å². The van der Waals surface area contributed by atoms with Crippen LogP contribution in [0.3, 0.4) is 0 Å². The van der Waals surface area contributed by atoms with Crippen molar-refractivity contribution in [1.82, 2.24) is 15.3 Å². The second-order valence-electron chi connectivity index (χ2n) is 9.67. The largest absolute Gasteiger partial charge is 0.456 e. The van der Waals surface area contributed by atoms with E-state index in [9.17, 15) is 9.59 Å². The van der Waals surface area contributed by atoms with E-state index >= 15 is 0 Å². The molecule has 0 unspecified atom stereocenters. The number of hydrogen-bond donors (Lipinski definition) is 1. The molecule has 0 aliphatic rings. The highest BCUT2D eigenvalue weighted by Gasteiger charge is 2.20. The van der Waals surface area contributed by atoms with Crippen LogP contribution >= 0.6 is 11.6 Å². The van der Waals surface area contributed by atoms with Gasteiger partial charge in [0.15, 0.2) is 0 Å². The van der Waals surface area contributed by atoms with Gasteiger partial charge in [0.05, 0.1) is 22.3 Å². The number of nitrogens with one attached hydrogen (secondary N) is 1. The van der Waals surface area contributed by atoms with E-state index in [0.717, 1.165) is 16.8 Å². The van der Waals surface area contributed by atoms with Gasteiger partial charge >= 0.3 is 5.97 Å². The van der Waals surface area contributed by atoms with Crippen molar-refractivity contribution in [3.63, 3.8) is 0 Å². The van der Waals surface area contributed by atoms with E-state index in [1.165, 1.54) is 12.3 Å². The topological polar surface area (TPSA) is 90.4 Å². The normalized spacial score (nSPS) is 11.9. The highest BCUT2D eigenvalue weighted by Crippen LogP contribution is 2.28. The Hall–Kier alpha value is -4.23. The van der Waals surface area contributed by atoms with Crippen LogP contribution in [-0.2, 0) is 4.74 Å². The molecule has 7 nitrogen and oxygen atoms in total. The predicted molar refractivity (Wildman–Crippen MR) is 146 cm³/mol. The maximum Gasteiger partial charge on any atom is 0.338 e. The average molecular weight is 530 g/mol.